The van der Waals surface area contributed by atoms with Crippen LogP contribution in [-0.2, 0) is 13.0 Å². The van der Waals surface area contributed by atoms with Gasteiger partial charge in [-0.15, -0.1) is 0 Å². The van der Waals surface area contributed by atoms with Crippen LogP contribution in [-0.4, -0.2) is 15.0 Å². The molecule has 0 bridgehead atoms. The molecule has 0 unspecified atom stereocenters. The molecule has 94 valence electrons. The first kappa shape index (κ1) is 11.3. The molecule has 0 radical (unpaired) electrons. The average molecular weight is 243 g/mol. The highest BCUT2D eigenvalue weighted by Gasteiger charge is 2.23. The summed E-state index contributed by atoms with van der Waals surface area (Å²) < 4.78 is 5.59. The third kappa shape index (κ3) is 1.98. The SMILES string of the molecule is CC(C)(C)Cc1cc2c([nH]1)COc1nccnc1-2. The molecule has 0 saturated heterocycles. The van der Waals surface area contributed by atoms with Crippen LogP contribution in [0.3, 0.4) is 0 Å². The Morgan fingerprint density at radius 2 is 2.06 bits per heavy atom. The van der Waals surface area contributed by atoms with Crippen molar-refractivity contribution in [1.29, 1.82) is 0 Å². The Hall–Kier alpha value is -1.84. The number of rotatable bonds is 1. The van der Waals surface area contributed by atoms with Crippen LogP contribution >= 0.6 is 0 Å². The van der Waals surface area contributed by atoms with Crippen molar-refractivity contribution in [2.45, 2.75) is 33.8 Å². The summed E-state index contributed by atoms with van der Waals surface area (Å²) in [6.45, 7) is 7.25. The fourth-order valence-electron chi connectivity index (χ4n) is 2.31. The van der Waals surface area contributed by atoms with Gasteiger partial charge in [-0.1, -0.05) is 20.8 Å². The Balaban J connectivity index is 2.02. The second-order valence-corrected chi connectivity index (χ2v) is 5.92. The summed E-state index contributed by atoms with van der Waals surface area (Å²) in [5.74, 6) is 0.631. The number of hydrogen-bond acceptors (Lipinski definition) is 3. The van der Waals surface area contributed by atoms with E-state index >= 15 is 0 Å². The number of fused-ring (bicyclic) bond motifs is 3. The first-order chi connectivity index (χ1) is 8.53. The number of H-pyrrole nitrogens is 1. The van der Waals surface area contributed by atoms with Crippen LogP contribution in [0.4, 0.5) is 0 Å². The first-order valence-electron chi connectivity index (χ1n) is 6.18. The maximum Gasteiger partial charge on any atom is 0.241 e. The number of hydrogen-bond donors (Lipinski definition) is 1. The summed E-state index contributed by atoms with van der Waals surface area (Å²) in [5.41, 5.74) is 4.56. The molecule has 1 aliphatic rings. The Labute approximate surface area is 106 Å². The van der Waals surface area contributed by atoms with Gasteiger partial charge >= 0.3 is 0 Å². The quantitative estimate of drug-likeness (QED) is 0.837. The molecule has 0 saturated carbocycles. The normalized spacial score (nSPS) is 13.7. The molecule has 0 fully saturated rings. The molecule has 3 heterocycles. The molecule has 4 nitrogen and oxygen atoms in total. The Kier molecular flexibility index (Phi) is 2.40. The second-order valence-electron chi connectivity index (χ2n) is 5.92. The zero-order chi connectivity index (χ0) is 12.8. The van der Waals surface area contributed by atoms with Crippen molar-refractivity contribution in [2.24, 2.45) is 5.41 Å². The third-order valence-corrected chi connectivity index (χ3v) is 2.95. The van der Waals surface area contributed by atoms with Crippen LogP contribution in [0.15, 0.2) is 18.5 Å². The van der Waals surface area contributed by atoms with E-state index in [4.69, 9.17) is 4.74 Å². The lowest BCUT2D eigenvalue weighted by Crippen LogP contribution is -2.09. The minimum Gasteiger partial charge on any atom is -0.470 e. The fourth-order valence-corrected chi connectivity index (χ4v) is 2.31. The van der Waals surface area contributed by atoms with Gasteiger partial charge in [-0.05, 0) is 17.9 Å². The minimum absolute atomic E-state index is 0.263. The van der Waals surface area contributed by atoms with E-state index in [1.165, 1.54) is 5.69 Å². The molecule has 2 aromatic heterocycles. The van der Waals surface area contributed by atoms with Crippen LogP contribution in [0.2, 0.25) is 0 Å². The number of nitrogens with zero attached hydrogens (tertiary/aromatic N) is 2. The van der Waals surface area contributed by atoms with Gasteiger partial charge in [0.05, 0.1) is 5.69 Å². The lowest BCUT2D eigenvalue weighted by Gasteiger charge is -2.16. The van der Waals surface area contributed by atoms with Crippen molar-refractivity contribution in [1.82, 2.24) is 15.0 Å². The second kappa shape index (κ2) is 3.83. The molecule has 3 rings (SSSR count). The Bertz CT molecular complexity index is 581. The maximum atomic E-state index is 5.59. The molecule has 0 spiro atoms. The average Bonchev–Trinajstić information content (AvgIpc) is 2.69. The topological polar surface area (TPSA) is 50.8 Å². The van der Waals surface area contributed by atoms with E-state index in [1.807, 2.05) is 0 Å². The fraction of sp³-hybridized carbons (Fsp3) is 0.429. The molecule has 0 aliphatic carbocycles. The summed E-state index contributed by atoms with van der Waals surface area (Å²) in [6.07, 6.45) is 4.37. The zero-order valence-electron chi connectivity index (χ0n) is 10.9. The highest BCUT2D eigenvalue weighted by atomic mass is 16.5. The largest absolute Gasteiger partial charge is 0.470 e. The molecule has 0 atom stereocenters. The molecule has 2 aromatic rings. The lowest BCUT2D eigenvalue weighted by molar-refractivity contribution is 0.284. The van der Waals surface area contributed by atoms with E-state index < -0.39 is 0 Å². The van der Waals surface area contributed by atoms with Gasteiger partial charge in [0.1, 0.15) is 12.3 Å². The minimum atomic E-state index is 0.263. The molecular formula is C14H17N3O. The highest BCUT2D eigenvalue weighted by molar-refractivity contribution is 5.69. The third-order valence-electron chi connectivity index (χ3n) is 2.95. The molecule has 0 aromatic carbocycles. The molecular weight excluding hydrogens is 226 g/mol. The molecule has 18 heavy (non-hydrogen) atoms. The van der Waals surface area contributed by atoms with Crippen molar-refractivity contribution in [3.63, 3.8) is 0 Å². The van der Waals surface area contributed by atoms with Gasteiger partial charge in [-0.3, -0.25) is 0 Å². The van der Waals surface area contributed by atoms with Crippen LogP contribution in [0.5, 0.6) is 5.88 Å². The van der Waals surface area contributed by atoms with E-state index in [0.717, 1.165) is 23.4 Å². The van der Waals surface area contributed by atoms with E-state index in [0.29, 0.717) is 12.5 Å². The molecule has 0 amide bonds. The van der Waals surface area contributed by atoms with Gasteiger partial charge in [0.25, 0.3) is 0 Å². The van der Waals surface area contributed by atoms with Gasteiger partial charge in [-0.25, -0.2) is 9.97 Å². The first-order valence-corrected chi connectivity index (χ1v) is 6.18. The molecule has 4 heteroatoms. The number of nitrogens with one attached hydrogen (secondary N) is 1. The van der Waals surface area contributed by atoms with E-state index in [1.54, 1.807) is 12.4 Å². The van der Waals surface area contributed by atoms with Gasteiger partial charge in [0, 0.05) is 23.7 Å². The van der Waals surface area contributed by atoms with E-state index in [-0.39, 0.29) is 5.41 Å². The maximum absolute atomic E-state index is 5.59. The van der Waals surface area contributed by atoms with Gasteiger partial charge in [0.2, 0.25) is 5.88 Å². The highest BCUT2D eigenvalue weighted by Crippen LogP contribution is 2.35. The van der Waals surface area contributed by atoms with Gasteiger partial charge in [0.15, 0.2) is 0 Å². The Morgan fingerprint density at radius 1 is 1.28 bits per heavy atom. The number of ether oxygens (including phenoxy) is 1. The lowest BCUT2D eigenvalue weighted by atomic mass is 9.90. The monoisotopic (exact) mass is 243 g/mol. The van der Waals surface area contributed by atoms with Crippen molar-refractivity contribution in [2.75, 3.05) is 0 Å². The van der Waals surface area contributed by atoms with Crippen LogP contribution in [0.1, 0.15) is 32.2 Å². The smallest absolute Gasteiger partial charge is 0.241 e. The number of aromatic nitrogens is 3. The van der Waals surface area contributed by atoms with Crippen molar-refractivity contribution < 1.29 is 4.74 Å². The van der Waals surface area contributed by atoms with Gasteiger partial charge in [-0.2, -0.15) is 0 Å². The summed E-state index contributed by atoms with van der Waals surface area (Å²) in [6, 6.07) is 2.18. The zero-order valence-corrected chi connectivity index (χ0v) is 10.9. The summed E-state index contributed by atoms with van der Waals surface area (Å²) in [5, 5.41) is 0. The van der Waals surface area contributed by atoms with Crippen LogP contribution < -0.4 is 4.74 Å². The standard InChI is InChI=1S/C14H17N3O/c1-14(2,3)7-9-6-10-11(17-9)8-18-13-12(10)15-4-5-16-13/h4-6,17H,7-8H2,1-3H3. The van der Waals surface area contributed by atoms with Crippen molar-refractivity contribution >= 4 is 0 Å². The predicted octanol–water partition coefficient (Wildman–Crippen LogP) is 2.95. The van der Waals surface area contributed by atoms with Crippen LogP contribution in [0.25, 0.3) is 11.3 Å². The Morgan fingerprint density at radius 3 is 2.83 bits per heavy atom. The molecule has 1 N–H and O–H groups in total. The van der Waals surface area contributed by atoms with Crippen LogP contribution in [0, 0.1) is 5.41 Å². The number of aromatic amines is 1. The molecule has 1 aliphatic heterocycles. The predicted molar refractivity (Wildman–Crippen MR) is 69.3 cm³/mol. The van der Waals surface area contributed by atoms with Gasteiger partial charge < -0.3 is 9.72 Å². The summed E-state index contributed by atoms with van der Waals surface area (Å²) >= 11 is 0. The van der Waals surface area contributed by atoms with Crippen molar-refractivity contribution in [3.8, 4) is 17.1 Å². The van der Waals surface area contributed by atoms with Crippen molar-refractivity contribution in [3.05, 3.63) is 29.8 Å². The summed E-state index contributed by atoms with van der Waals surface area (Å²) in [4.78, 5) is 12.0. The van der Waals surface area contributed by atoms with E-state index in [2.05, 4.69) is 41.8 Å². The van der Waals surface area contributed by atoms with E-state index in [9.17, 15) is 0 Å². The summed E-state index contributed by atoms with van der Waals surface area (Å²) in [7, 11) is 0.